The van der Waals surface area contributed by atoms with Crippen molar-refractivity contribution >= 4 is 27.7 Å². The first-order chi connectivity index (χ1) is 9.79. The van der Waals surface area contributed by atoms with Crippen molar-refractivity contribution in [1.82, 2.24) is 5.43 Å². The number of hydrogen-bond acceptors (Lipinski definition) is 4. The van der Waals surface area contributed by atoms with Crippen LogP contribution in [0.25, 0.3) is 0 Å². The summed E-state index contributed by atoms with van der Waals surface area (Å²) in [4.78, 5) is 1.27. The van der Waals surface area contributed by atoms with Crippen LogP contribution in [0.15, 0.2) is 33.6 Å². The average molecular weight is 359 g/mol. The predicted octanol–water partition coefficient (Wildman–Crippen LogP) is 3.72. The number of nitrogens with one attached hydrogen (secondary N) is 1. The molecule has 5 heteroatoms. The summed E-state index contributed by atoms with van der Waals surface area (Å²) in [5.74, 6) is 6.65. The molecule has 0 saturated carbocycles. The van der Waals surface area contributed by atoms with Gasteiger partial charge in [-0.15, -0.1) is 11.8 Å². The molecular weight excluding hydrogens is 336 g/mol. The van der Waals surface area contributed by atoms with E-state index in [1.807, 2.05) is 17.8 Å². The molecule has 0 spiro atoms. The monoisotopic (exact) mass is 358 g/mol. The maximum absolute atomic E-state index is 5.66. The zero-order chi connectivity index (χ0) is 14.2. The number of hydrazine groups is 1. The van der Waals surface area contributed by atoms with E-state index >= 15 is 0 Å². The van der Waals surface area contributed by atoms with Gasteiger partial charge in [-0.3, -0.25) is 11.3 Å². The van der Waals surface area contributed by atoms with Crippen molar-refractivity contribution < 1.29 is 4.74 Å². The first-order valence-electron chi connectivity index (χ1n) is 7.24. The Kier molecular flexibility index (Phi) is 7.38. The summed E-state index contributed by atoms with van der Waals surface area (Å²) in [5, 5.41) is 0. The van der Waals surface area contributed by atoms with Gasteiger partial charge in [0.05, 0.1) is 6.10 Å². The van der Waals surface area contributed by atoms with Crippen LogP contribution in [0.3, 0.4) is 0 Å². The Morgan fingerprint density at radius 3 is 3.00 bits per heavy atom. The largest absolute Gasteiger partial charge is 0.378 e. The molecule has 1 fully saturated rings. The van der Waals surface area contributed by atoms with E-state index in [1.54, 1.807) is 0 Å². The van der Waals surface area contributed by atoms with Crippen molar-refractivity contribution in [2.45, 2.75) is 49.1 Å². The summed E-state index contributed by atoms with van der Waals surface area (Å²) in [6.45, 7) is 0.946. The molecule has 20 heavy (non-hydrogen) atoms. The standard InChI is InChI=1S/C15H23BrN2OS/c16-14-8-1-2-9-15(14)20-11-12(18-17)5-3-6-13-7-4-10-19-13/h1-2,8-9,12-13,18H,3-7,10-11,17H2. The lowest BCUT2D eigenvalue weighted by molar-refractivity contribution is 0.101. The smallest absolute Gasteiger partial charge is 0.0576 e. The maximum Gasteiger partial charge on any atom is 0.0576 e. The van der Waals surface area contributed by atoms with Gasteiger partial charge in [0, 0.05) is 27.8 Å². The van der Waals surface area contributed by atoms with Crippen LogP contribution in [-0.4, -0.2) is 24.5 Å². The Hall–Kier alpha value is -0.0700. The van der Waals surface area contributed by atoms with Gasteiger partial charge < -0.3 is 4.74 Å². The normalized spacial score (nSPS) is 20.2. The molecular formula is C15H23BrN2OS. The van der Waals surface area contributed by atoms with E-state index in [4.69, 9.17) is 10.6 Å². The van der Waals surface area contributed by atoms with E-state index in [-0.39, 0.29) is 0 Å². The molecule has 1 aromatic rings. The minimum absolute atomic E-state index is 0.355. The van der Waals surface area contributed by atoms with Gasteiger partial charge in [0.1, 0.15) is 0 Å². The van der Waals surface area contributed by atoms with Gasteiger partial charge in [-0.05, 0) is 60.2 Å². The molecule has 0 amide bonds. The van der Waals surface area contributed by atoms with Crippen LogP contribution < -0.4 is 11.3 Å². The van der Waals surface area contributed by atoms with Crippen LogP contribution in [0.2, 0.25) is 0 Å². The number of halogens is 1. The zero-order valence-corrected chi connectivity index (χ0v) is 14.1. The summed E-state index contributed by atoms with van der Waals surface area (Å²) in [6, 6.07) is 8.66. The van der Waals surface area contributed by atoms with Crippen molar-refractivity contribution in [3.63, 3.8) is 0 Å². The second kappa shape index (κ2) is 9.05. The Labute approximate surface area is 134 Å². The third kappa shape index (κ3) is 5.37. The van der Waals surface area contributed by atoms with Crippen molar-refractivity contribution in [2.75, 3.05) is 12.4 Å². The fourth-order valence-electron chi connectivity index (χ4n) is 2.43. The topological polar surface area (TPSA) is 47.3 Å². The zero-order valence-electron chi connectivity index (χ0n) is 11.7. The first kappa shape index (κ1) is 16.3. The lowest BCUT2D eigenvalue weighted by Gasteiger charge is -2.17. The highest BCUT2D eigenvalue weighted by Gasteiger charge is 2.16. The quantitative estimate of drug-likeness (QED) is 0.422. The van der Waals surface area contributed by atoms with Gasteiger partial charge >= 0.3 is 0 Å². The summed E-state index contributed by atoms with van der Waals surface area (Å²) in [6.07, 6.45) is 6.39. The molecule has 3 nitrogen and oxygen atoms in total. The minimum atomic E-state index is 0.355. The fourth-order valence-corrected chi connectivity index (χ4v) is 4.08. The predicted molar refractivity (Wildman–Crippen MR) is 88.8 cm³/mol. The van der Waals surface area contributed by atoms with Crippen LogP contribution in [-0.2, 0) is 4.74 Å². The molecule has 1 saturated heterocycles. The molecule has 0 bridgehead atoms. The van der Waals surface area contributed by atoms with Crippen LogP contribution in [0.5, 0.6) is 0 Å². The van der Waals surface area contributed by atoms with Crippen molar-refractivity contribution in [3.8, 4) is 0 Å². The summed E-state index contributed by atoms with van der Waals surface area (Å²) in [5.41, 5.74) is 2.94. The summed E-state index contributed by atoms with van der Waals surface area (Å²) >= 11 is 5.42. The highest BCUT2D eigenvalue weighted by molar-refractivity contribution is 9.10. The van der Waals surface area contributed by atoms with Crippen LogP contribution in [0.4, 0.5) is 0 Å². The lowest BCUT2D eigenvalue weighted by atomic mass is 10.1. The van der Waals surface area contributed by atoms with Crippen LogP contribution in [0.1, 0.15) is 32.1 Å². The molecule has 0 aromatic heterocycles. The van der Waals surface area contributed by atoms with E-state index in [0.717, 1.165) is 29.7 Å². The third-order valence-electron chi connectivity index (χ3n) is 3.62. The van der Waals surface area contributed by atoms with Crippen LogP contribution >= 0.6 is 27.7 Å². The minimum Gasteiger partial charge on any atom is -0.378 e. The van der Waals surface area contributed by atoms with Crippen molar-refractivity contribution in [3.05, 3.63) is 28.7 Å². The van der Waals surface area contributed by atoms with E-state index in [2.05, 4.69) is 39.6 Å². The number of ether oxygens (including phenoxy) is 1. The fraction of sp³-hybridized carbons (Fsp3) is 0.600. The van der Waals surface area contributed by atoms with Crippen molar-refractivity contribution in [2.24, 2.45) is 5.84 Å². The lowest BCUT2D eigenvalue weighted by Crippen LogP contribution is -2.37. The van der Waals surface area contributed by atoms with E-state index in [1.165, 1.54) is 24.2 Å². The molecule has 1 aromatic carbocycles. The molecule has 0 radical (unpaired) electrons. The Morgan fingerprint density at radius 1 is 1.45 bits per heavy atom. The highest BCUT2D eigenvalue weighted by Crippen LogP contribution is 2.28. The number of nitrogens with two attached hydrogens (primary N) is 1. The number of thioether (sulfide) groups is 1. The molecule has 0 aliphatic carbocycles. The molecule has 112 valence electrons. The van der Waals surface area contributed by atoms with E-state index in [9.17, 15) is 0 Å². The maximum atomic E-state index is 5.66. The molecule has 2 unspecified atom stereocenters. The molecule has 1 aliphatic heterocycles. The van der Waals surface area contributed by atoms with Gasteiger partial charge in [-0.2, -0.15) is 0 Å². The highest BCUT2D eigenvalue weighted by atomic mass is 79.9. The van der Waals surface area contributed by atoms with Crippen molar-refractivity contribution in [1.29, 1.82) is 0 Å². The van der Waals surface area contributed by atoms with Gasteiger partial charge in [0.2, 0.25) is 0 Å². The van der Waals surface area contributed by atoms with Gasteiger partial charge in [-0.1, -0.05) is 12.1 Å². The van der Waals surface area contributed by atoms with E-state index in [0.29, 0.717) is 12.1 Å². The average Bonchev–Trinajstić information content (AvgIpc) is 2.97. The van der Waals surface area contributed by atoms with E-state index < -0.39 is 0 Å². The molecule has 2 rings (SSSR count). The summed E-state index contributed by atoms with van der Waals surface area (Å²) < 4.78 is 6.80. The molecule has 2 atom stereocenters. The number of rotatable bonds is 8. The van der Waals surface area contributed by atoms with Gasteiger partial charge in [-0.25, -0.2) is 0 Å². The third-order valence-corrected chi connectivity index (χ3v) is 5.81. The Morgan fingerprint density at radius 2 is 2.30 bits per heavy atom. The van der Waals surface area contributed by atoms with Gasteiger partial charge in [0.25, 0.3) is 0 Å². The number of hydrogen-bond donors (Lipinski definition) is 2. The Bertz CT molecular complexity index is 399. The first-order valence-corrected chi connectivity index (χ1v) is 9.02. The van der Waals surface area contributed by atoms with Gasteiger partial charge in [0.15, 0.2) is 0 Å². The SMILES string of the molecule is NNC(CCCC1CCCO1)CSc1ccccc1Br. The second-order valence-corrected chi connectivity index (χ2v) is 7.09. The number of benzene rings is 1. The van der Waals surface area contributed by atoms with Crippen LogP contribution in [0, 0.1) is 0 Å². The summed E-state index contributed by atoms with van der Waals surface area (Å²) in [7, 11) is 0. The molecule has 3 N–H and O–H groups in total. The Balaban J connectivity index is 1.68. The molecule has 1 aliphatic rings. The second-order valence-electron chi connectivity index (χ2n) is 5.17. The molecule has 1 heterocycles.